The second-order valence-corrected chi connectivity index (χ2v) is 8.57. The zero-order valence-electron chi connectivity index (χ0n) is 18.2. The van der Waals surface area contributed by atoms with Gasteiger partial charge in [-0.1, -0.05) is 18.2 Å². The van der Waals surface area contributed by atoms with Crippen molar-refractivity contribution in [2.75, 3.05) is 38.1 Å². The van der Waals surface area contributed by atoms with E-state index in [1.165, 1.54) is 29.7 Å². The van der Waals surface area contributed by atoms with Crippen LogP contribution in [0.3, 0.4) is 0 Å². The number of anilines is 1. The molecule has 5 heteroatoms. The lowest BCUT2D eigenvalue weighted by Crippen LogP contribution is -2.44. The Bertz CT molecular complexity index is 857. The summed E-state index contributed by atoms with van der Waals surface area (Å²) in [4.78, 5) is 17.3. The zero-order valence-corrected chi connectivity index (χ0v) is 18.2. The fraction of sp³-hybridized carbons (Fsp3) is 0.480. The molecular weight excluding hydrogens is 374 g/mol. The molecule has 2 aromatic carbocycles. The van der Waals surface area contributed by atoms with Crippen molar-refractivity contribution in [3.63, 3.8) is 0 Å². The number of likely N-dealkylation sites (N-methyl/N-ethyl adjacent to an activating group) is 1. The van der Waals surface area contributed by atoms with Crippen LogP contribution in [-0.2, 0) is 24.2 Å². The summed E-state index contributed by atoms with van der Waals surface area (Å²) in [7, 11) is 2.17. The Morgan fingerprint density at radius 2 is 1.70 bits per heavy atom. The van der Waals surface area contributed by atoms with Crippen molar-refractivity contribution in [1.29, 1.82) is 0 Å². The molecule has 5 nitrogen and oxygen atoms in total. The van der Waals surface area contributed by atoms with E-state index in [9.17, 15) is 4.79 Å². The van der Waals surface area contributed by atoms with Gasteiger partial charge in [-0.05, 0) is 80.6 Å². The Morgan fingerprint density at radius 1 is 1.00 bits per heavy atom. The first-order chi connectivity index (χ1) is 14.6. The highest BCUT2D eigenvalue weighted by Gasteiger charge is 2.17. The third-order valence-electron chi connectivity index (χ3n) is 6.27. The van der Waals surface area contributed by atoms with Crippen molar-refractivity contribution in [2.24, 2.45) is 0 Å². The average Bonchev–Trinajstić information content (AvgIpc) is 2.78. The van der Waals surface area contributed by atoms with Gasteiger partial charge in [-0.15, -0.1) is 0 Å². The first-order valence-electron chi connectivity index (χ1n) is 11.2. The largest absolute Gasteiger partial charge is 0.481 e. The first kappa shape index (κ1) is 20.7. The Hall–Kier alpha value is -2.53. The smallest absolute Gasteiger partial charge is 0.261 e. The number of carbonyl (C=O) groups is 1. The fourth-order valence-corrected chi connectivity index (χ4v) is 4.26. The molecule has 1 atom stereocenters. The van der Waals surface area contributed by atoms with Crippen LogP contribution in [0.25, 0.3) is 0 Å². The third-order valence-corrected chi connectivity index (χ3v) is 6.27. The third kappa shape index (κ3) is 5.14. The van der Waals surface area contributed by atoms with Crippen LogP contribution in [0, 0.1) is 0 Å². The molecule has 0 radical (unpaired) electrons. The van der Waals surface area contributed by atoms with E-state index in [1.54, 1.807) is 0 Å². The van der Waals surface area contributed by atoms with E-state index in [2.05, 4.69) is 58.6 Å². The van der Waals surface area contributed by atoms with E-state index in [4.69, 9.17) is 4.74 Å². The van der Waals surface area contributed by atoms with Gasteiger partial charge in [0.05, 0.1) is 0 Å². The van der Waals surface area contributed by atoms with Crippen molar-refractivity contribution in [3.8, 4) is 5.75 Å². The lowest BCUT2D eigenvalue weighted by Gasteiger charge is -2.34. The normalized spacial score (nSPS) is 17.9. The standard InChI is InChI=1S/C25H33N3O2/c1-19(30-24-12-9-21-5-3-4-6-22(21)17-24)25(29)26-18-20-7-10-23(11-8-20)28-15-13-27(2)14-16-28/h7-12,17,19H,3-6,13-16,18H2,1-2H3,(H,26,29)/t19-/m0/s1. The van der Waals surface area contributed by atoms with Crippen molar-refractivity contribution in [1.82, 2.24) is 10.2 Å². The summed E-state index contributed by atoms with van der Waals surface area (Å²) in [5.74, 6) is 0.700. The molecule has 0 aromatic heterocycles. The van der Waals surface area contributed by atoms with E-state index in [-0.39, 0.29) is 5.91 Å². The number of nitrogens with one attached hydrogen (secondary N) is 1. The number of hydrogen-bond acceptors (Lipinski definition) is 4. The zero-order chi connectivity index (χ0) is 20.9. The van der Waals surface area contributed by atoms with E-state index in [0.29, 0.717) is 6.54 Å². The predicted molar refractivity (Wildman–Crippen MR) is 121 cm³/mol. The Labute approximate surface area is 180 Å². The van der Waals surface area contributed by atoms with Gasteiger partial charge in [0.15, 0.2) is 6.10 Å². The van der Waals surface area contributed by atoms with Crippen molar-refractivity contribution >= 4 is 11.6 Å². The van der Waals surface area contributed by atoms with Crippen LogP contribution in [0.1, 0.15) is 36.5 Å². The molecule has 1 saturated heterocycles. The number of ether oxygens (including phenoxy) is 1. The second kappa shape index (κ2) is 9.52. The lowest BCUT2D eigenvalue weighted by molar-refractivity contribution is -0.127. The van der Waals surface area contributed by atoms with Gasteiger partial charge < -0.3 is 19.9 Å². The quantitative estimate of drug-likeness (QED) is 0.797. The molecule has 160 valence electrons. The molecule has 0 spiro atoms. The number of carbonyl (C=O) groups excluding carboxylic acids is 1. The predicted octanol–water partition coefficient (Wildman–Crippen LogP) is 3.40. The molecule has 1 N–H and O–H groups in total. The number of piperazine rings is 1. The number of rotatable bonds is 6. The minimum atomic E-state index is -0.517. The summed E-state index contributed by atoms with van der Waals surface area (Å²) in [6.45, 7) is 6.64. The molecule has 30 heavy (non-hydrogen) atoms. The fourth-order valence-electron chi connectivity index (χ4n) is 4.26. The summed E-state index contributed by atoms with van der Waals surface area (Å²) >= 11 is 0. The van der Waals surface area contributed by atoms with Gasteiger partial charge in [-0.2, -0.15) is 0 Å². The topological polar surface area (TPSA) is 44.8 Å². The molecule has 0 unspecified atom stereocenters. The van der Waals surface area contributed by atoms with Gasteiger partial charge in [0.2, 0.25) is 0 Å². The molecule has 0 saturated carbocycles. The summed E-state index contributed by atoms with van der Waals surface area (Å²) in [5, 5.41) is 3.00. The van der Waals surface area contributed by atoms with E-state index < -0.39 is 6.10 Å². The van der Waals surface area contributed by atoms with Crippen LogP contribution in [-0.4, -0.2) is 50.1 Å². The van der Waals surface area contributed by atoms with Crippen LogP contribution in [0.5, 0.6) is 5.75 Å². The Balaban J connectivity index is 1.26. The van der Waals surface area contributed by atoms with Crippen LogP contribution in [0.4, 0.5) is 5.69 Å². The molecule has 0 bridgehead atoms. The number of fused-ring (bicyclic) bond motifs is 1. The molecule has 1 heterocycles. The Kier molecular flexibility index (Phi) is 6.58. The van der Waals surface area contributed by atoms with E-state index >= 15 is 0 Å². The van der Waals surface area contributed by atoms with Gasteiger partial charge >= 0.3 is 0 Å². The lowest BCUT2D eigenvalue weighted by atomic mass is 9.92. The van der Waals surface area contributed by atoms with Gasteiger partial charge in [0.25, 0.3) is 5.91 Å². The SMILES string of the molecule is C[C@H](Oc1ccc2c(c1)CCCC2)C(=O)NCc1ccc(N2CCN(C)CC2)cc1. The molecule has 4 rings (SSSR count). The molecule has 1 amide bonds. The minimum absolute atomic E-state index is 0.0872. The van der Waals surface area contributed by atoms with Gasteiger partial charge in [0, 0.05) is 38.4 Å². The number of aryl methyl sites for hydroxylation is 2. The molecule has 2 aromatic rings. The summed E-state index contributed by atoms with van der Waals surface area (Å²) in [6.07, 6.45) is 4.25. The molecule has 1 aliphatic heterocycles. The minimum Gasteiger partial charge on any atom is -0.481 e. The Morgan fingerprint density at radius 3 is 2.43 bits per heavy atom. The second-order valence-electron chi connectivity index (χ2n) is 8.57. The number of nitrogens with zero attached hydrogens (tertiary/aromatic N) is 2. The van der Waals surface area contributed by atoms with Crippen molar-refractivity contribution in [2.45, 2.75) is 45.3 Å². The molecular formula is C25H33N3O2. The highest BCUT2D eigenvalue weighted by molar-refractivity contribution is 5.80. The highest BCUT2D eigenvalue weighted by atomic mass is 16.5. The number of amides is 1. The maximum absolute atomic E-state index is 12.5. The summed E-state index contributed by atoms with van der Waals surface area (Å²) in [5.41, 5.74) is 5.14. The highest BCUT2D eigenvalue weighted by Crippen LogP contribution is 2.26. The summed E-state index contributed by atoms with van der Waals surface area (Å²) < 4.78 is 5.92. The summed E-state index contributed by atoms with van der Waals surface area (Å²) in [6, 6.07) is 14.8. The van der Waals surface area contributed by atoms with E-state index in [1.807, 2.05) is 13.0 Å². The number of hydrogen-bond donors (Lipinski definition) is 1. The average molecular weight is 408 g/mol. The first-order valence-corrected chi connectivity index (χ1v) is 11.2. The van der Waals surface area contributed by atoms with Gasteiger partial charge in [0.1, 0.15) is 5.75 Å². The van der Waals surface area contributed by atoms with Crippen molar-refractivity contribution < 1.29 is 9.53 Å². The van der Waals surface area contributed by atoms with Gasteiger partial charge in [-0.25, -0.2) is 0 Å². The monoisotopic (exact) mass is 407 g/mol. The number of benzene rings is 2. The maximum Gasteiger partial charge on any atom is 0.261 e. The van der Waals surface area contributed by atoms with Crippen LogP contribution in [0.15, 0.2) is 42.5 Å². The molecule has 1 fully saturated rings. The molecule has 1 aliphatic carbocycles. The maximum atomic E-state index is 12.5. The van der Waals surface area contributed by atoms with E-state index in [0.717, 1.165) is 50.3 Å². The van der Waals surface area contributed by atoms with Crippen LogP contribution < -0.4 is 15.0 Å². The molecule has 2 aliphatic rings. The van der Waals surface area contributed by atoms with Crippen LogP contribution >= 0.6 is 0 Å². The van der Waals surface area contributed by atoms with Gasteiger partial charge in [-0.3, -0.25) is 4.79 Å². The van der Waals surface area contributed by atoms with Crippen molar-refractivity contribution in [3.05, 3.63) is 59.2 Å². The van der Waals surface area contributed by atoms with Crippen LogP contribution in [0.2, 0.25) is 0 Å².